The molecular formula is C16H19Br. The molecule has 17 heavy (non-hydrogen) atoms. The molecule has 0 saturated heterocycles. The van der Waals surface area contributed by atoms with Gasteiger partial charge in [-0.15, -0.1) is 0 Å². The van der Waals surface area contributed by atoms with Crippen molar-refractivity contribution in [2.24, 2.45) is 0 Å². The monoisotopic (exact) mass is 290 g/mol. The van der Waals surface area contributed by atoms with Crippen molar-refractivity contribution in [3.05, 3.63) is 46.4 Å². The maximum atomic E-state index is 3.51. The quantitative estimate of drug-likeness (QED) is 0.617. The van der Waals surface area contributed by atoms with Gasteiger partial charge in [-0.05, 0) is 41.3 Å². The third kappa shape index (κ3) is 3.57. The Balaban J connectivity index is 2.07. The summed E-state index contributed by atoms with van der Waals surface area (Å²) in [6.07, 6.45) is 6.56. The van der Waals surface area contributed by atoms with Gasteiger partial charge < -0.3 is 0 Å². The first kappa shape index (κ1) is 12.6. The Morgan fingerprint density at radius 3 is 2.47 bits per heavy atom. The Morgan fingerprint density at radius 1 is 0.882 bits per heavy atom. The molecule has 0 amide bonds. The highest BCUT2D eigenvalue weighted by Crippen LogP contribution is 2.21. The number of halogens is 1. The van der Waals surface area contributed by atoms with Gasteiger partial charge in [-0.2, -0.15) is 0 Å². The van der Waals surface area contributed by atoms with Gasteiger partial charge in [0.1, 0.15) is 0 Å². The van der Waals surface area contributed by atoms with Crippen LogP contribution in [0.1, 0.15) is 38.2 Å². The summed E-state index contributed by atoms with van der Waals surface area (Å²) in [5.41, 5.74) is 1.47. The lowest BCUT2D eigenvalue weighted by atomic mass is 10.0. The molecule has 0 saturated carbocycles. The van der Waals surface area contributed by atoms with Gasteiger partial charge >= 0.3 is 0 Å². The Labute approximate surface area is 112 Å². The van der Waals surface area contributed by atoms with E-state index < -0.39 is 0 Å². The van der Waals surface area contributed by atoms with Crippen molar-refractivity contribution in [1.29, 1.82) is 0 Å². The fourth-order valence-electron chi connectivity index (χ4n) is 2.18. The molecule has 0 aliphatic rings. The van der Waals surface area contributed by atoms with Crippen LogP contribution in [0.3, 0.4) is 0 Å². The number of aryl methyl sites for hydroxylation is 1. The topological polar surface area (TPSA) is 0 Å². The molecule has 2 aromatic carbocycles. The van der Waals surface area contributed by atoms with Crippen LogP contribution < -0.4 is 0 Å². The summed E-state index contributed by atoms with van der Waals surface area (Å²) in [6.45, 7) is 2.26. The van der Waals surface area contributed by atoms with Gasteiger partial charge in [0.2, 0.25) is 0 Å². The van der Waals surface area contributed by atoms with E-state index in [-0.39, 0.29) is 0 Å². The van der Waals surface area contributed by atoms with Crippen LogP contribution in [-0.2, 0) is 6.42 Å². The molecule has 0 unspecified atom stereocenters. The Bertz CT molecular complexity index is 488. The van der Waals surface area contributed by atoms with Crippen molar-refractivity contribution in [3.8, 4) is 0 Å². The maximum Gasteiger partial charge on any atom is 0.0181 e. The fourth-order valence-corrected chi connectivity index (χ4v) is 2.56. The zero-order chi connectivity index (χ0) is 12.1. The molecule has 0 spiro atoms. The van der Waals surface area contributed by atoms with Crippen LogP contribution in [0, 0.1) is 0 Å². The molecule has 0 N–H and O–H groups in total. The molecule has 0 heterocycles. The molecule has 90 valence electrons. The van der Waals surface area contributed by atoms with Gasteiger partial charge in [-0.3, -0.25) is 0 Å². The molecule has 0 atom stereocenters. The van der Waals surface area contributed by atoms with Crippen LogP contribution in [-0.4, -0.2) is 0 Å². The standard InChI is InChI=1S/C16H19Br/c1-2-3-4-5-6-13-7-8-15-12-16(17)10-9-14(15)11-13/h7-12H,2-6H2,1H3. The van der Waals surface area contributed by atoms with E-state index in [1.165, 1.54) is 48.4 Å². The first-order valence-electron chi connectivity index (χ1n) is 6.48. The SMILES string of the molecule is CCCCCCc1ccc2cc(Br)ccc2c1. The Hall–Kier alpha value is -0.820. The van der Waals surface area contributed by atoms with Crippen LogP contribution in [0.25, 0.3) is 10.8 Å². The molecule has 0 fully saturated rings. The van der Waals surface area contributed by atoms with E-state index in [0.717, 1.165) is 4.47 Å². The molecule has 0 aliphatic heterocycles. The number of fused-ring (bicyclic) bond motifs is 1. The van der Waals surface area contributed by atoms with Crippen molar-refractivity contribution in [3.63, 3.8) is 0 Å². The van der Waals surface area contributed by atoms with E-state index in [0.29, 0.717) is 0 Å². The summed E-state index contributed by atoms with van der Waals surface area (Å²) in [4.78, 5) is 0. The minimum atomic E-state index is 1.15. The second-order valence-electron chi connectivity index (χ2n) is 4.64. The van der Waals surface area contributed by atoms with Crippen molar-refractivity contribution in [2.45, 2.75) is 39.0 Å². The highest BCUT2D eigenvalue weighted by Gasteiger charge is 1.98. The van der Waals surface area contributed by atoms with E-state index in [1.807, 2.05) is 0 Å². The van der Waals surface area contributed by atoms with Crippen molar-refractivity contribution < 1.29 is 0 Å². The van der Waals surface area contributed by atoms with Crippen LogP contribution in [0.2, 0.25) is 0 Å². The normalized spacial score (nSPS) is 10.9. The molecular weight excluding hydrogens is 272 g/mol. The van der Waals surface area contributed by atoms with Crippen LogP contribution in [0.5, 0.6) is 0 Å². The molecule has 2 rings (SSSR count). The van der Waals surface area contributed by atoms with E-state index in [1.54, 1.807) is 0 Å². The number of benzene rings is 2. The molecule has 0 radical (unpaired) electrons. The minimum absolute atomic E-state index is 1.15. The number of unbranched alkanes of at least 4 members (excludes halogenated alkanes) is 3. The predicted molar refractivity (Wildman–Crippen MR) is 79.5 cm³/mol. The summed E-state index contributed by atoms with van der Waals surface area (Å²) in [5, 5.41) is 2.66. The lowest BCUT2D eigenvalue weighted by Gasteiger charge is -2.04. The number of hydrogen-bond donors (Lipinski definition) is 0. The Morgan fingerprint density at radius 2 is 1.65 bits per heavy atom. The second-order valence-corrected chi connectivity index (χ2v) is 5.55. The number of rotatable bonds is 5. The molecule has 0 nitrogen and oxygen atoms in total. The summed E-state index contributed by atoms with van der Waals surface area (Å²) in [5.74, 6) is 0. The average molecular weight is 291 g/mol. The maximum absolute atomic E-state index is 3.51. The van der Waals surface area contributed by atoms with E-state index in [2.05, 4.69) is 59.3 Å². The summed E-state index contributed by atoms with van der Waals surface area (Å²) in [6, 6.07) is 13.3. The first-order chi connectivity index (χ1) is 8.29. The zero-order valence-electron chi connectivity index (χ0n) is 10.4. The van der Waals surface area contributed by atoms with Gasteiger partial charge in [0.05, 0.1) is 0 Å². The highest BCUT2D eigenvalue weighted by molar-refractivity contribution is 9.10. The first-order valence-corrected chi connectivity index (χ1v) is 7.27. The van der Waals surface area contributed by atoms with Crippen LogP contribution in [0.15, 0.2) is 40.9 Å². The summed E-state index contributed by atoms with van der Waals surface area (Å²) >= 11 is 3.51. The molecule has 1 heteroatoms. The smallest absolute Gasteiger partial charge is 0.0181 e. The predicted octanol–water partition coefficient (Wildman–Crippen LogP) is 5.73. The third-order valence-electron chi connectivity index (χ3n) is 3.19. The summed E-state index contributed by atoms with van der Waals surface area (Å²) < 4.78 is 1.15. The molecule has 2 aromatic rings. The van der Waals surface area contributed by atoms with E-state index >= 15 is 0 Å². The molecule has 0 aromatic heterocycles. The average Bonchev–Trinajstić information content (AvgIpc) is 2.35. The fraction of sp³-hybridized carbons (Fsp3) is 0.375. The van der Waals surface area contributed by atoms with Gasteiger partial charge in [-0.1, -0.05) is 66.4 Å². The largest absolute Gasteiger partial charge is 0.0654 e. The van der Waals surface area contributed by atoms with Gasteiger partial charge in [0, 0.05) is 4.47 Å². The number of hydrogen-bond acceptors (Lipinski definition) is 0. The van der Waals surface area contributed by atoms with E-state index in [4.69, 9.17) is 0 Å². The molecule has 0 aliphatic carbocycles. The van der Waals surface area contributed by atoms with Crippen molar-refractivity contribution in [2.75, 3.05) is 0 Å². The van der Waals surface area contributed by atoms with Crippen LogP contribution >= 0.6 is 15.9 Å². The lowest BCUT2D eigenvalue weighted by Crippen LogP contribution is -1.86. The summed E-state index contributed by atoms with van der Waals surface area (Å²) in [7, 11) is 0. The second kappa shape index (κ2) is 6.20. The Kier molecular flexibility index (Phi) is 4.61. The lowest BCUT2D eigenvalue weighted by molar-refractivity contribution is 0.667. The van der Waals surface area contributed by atoms with Gasteiger partial charge in [-0.25, -0.2) is 0 Å². The van der Waals surface area contributed by atoms with Gasteiger partial charge in [0.25, 0.3) is 0 Å². The highest BCUT2D eigenvalue weighted by atomic mass is 79.9. The van der Waals surface area contributed by atoms with Gasteiger partial charge in [0.15, 0.2) is 0 Å². The van der Waals surface area contributed by atoms with Crippen LogP contribution in [0.4, 0.5) is 0 Å². The molecule has 0 bridgehead atoms. The minimum Gasteiger partial charge on any atom is -0.0654 e. The van der Waals surface area contributed by atoms with Crippen molar-refractivity contribution in [1.82, 2.24) is 0 Å². The van der Waals surface area contributed by atoms with Crippen molar-refractivity contribution >= 4 is 26.7 Å². The third-order valence-corrected chi connectivity index (χ3v) is 3.68. The van der Waals surface area contributed by atoms with E-state index in [9.17, 15) is 0 Å². The zero-order valence-corrected chi connectivity index (χ0v) is 12.0.